The van der Waals surface area contributed by atoms with E-state index in [0.717, 1.165) is 16.8 Å². The van der Waals surface area contributed by atoms with Crippen molar-refractivity contribution in [1.29, 1.82) is 0 Å². The fourth-order valence-electron chi connectivity index (χ4n) is 2.57. The van der Waals surface area contributed by atoms with Crippen LogP contribution in [0.4, 0.5) is 5.69 Å². The first-order chi connectivity index (χ1) is 13.0. The van der Waals surface area contributed by atoms with Crippen molar-refractivity contribution >= 4 is 17.6 Å². The zero-order chi connectivity index (χ0) is 19.2. The summed E-state index contributed by atoms with van der Waals surface area (Å²) < 4.78 is 5.67. The molecule has 0 fully saturated rings. The second kappa shape index (κ2) is 8.19. The van der Waals surface area contributed by atoms with E-state index in [1.165, 1.54) is 6.07 Å². The van der Waals surface area contributed by atoms with Crippen molar-refractivity contribution in [3.63, 3.8) is 0 Å². The zero-order valence-corrected chi connectivity index (χ0v) is 14.8. The van der Waals surface area contributed by atoms with Crippen LogP contribution < -0.4 is 10.1 Å². The van der Waals surface area contributed by atoms with Gasteiger partial charge in [0.15, 0.2) is 0 Å². The van der Waals surface area contributed by atoms with Gasteiger partial charge in [-0.15, -0.1) is 0 Å². The van der Waals surface area contributed by atoms with E-state index in [0.29, 0.717) is 11.3 Å². The van der Waals surface area contributed by atoms with Gasteiger partial charge in [-0.05, 0) is 60.5 Å². The Bertz CT molecular complexity index is 964. The molecule has 1 amide bonds. The summed E-state index contributed by atoms with van der Waals surface area (Å²) in [5, 5.41) is 11.9. The Morgan fingerprint density at radius 3 is 2.37 bits per heavy atom. The molecule has 136 valence electrons. The van der Waals surface area contributed by atoms with Gasteiger partial charge < -0.3 is 15.2 Å². The predicted octanol–water partition coefficient (Wildman–Crippen LogP) is 4.52. The second-order valence-electron chi connectivity index (χ2n) is 6.09. The lowest BCUT2D eigenvalue weighted by Gasteiger charge is -2.10. The Labute approximate surface area is 157 Å². The molecule has 3 aromatic carbocycles. The smallest absolute Gasteiger partial charge is 0.335 e. The summed E-state index contributed by atoms with van der Waals surface area (Å²) >= 11 is 0. The topological polar surface area (TPSA) is 75.6 Å². The number of amides is 1. The minimum absolute atomic E-state index is 0.190. The van der Waals surface area contributed by atoms with E-state index in [9.17, 15) is 9.59 Å². The van der Waals surface area contributed by atoms with Crippen molar-refractivity contribution in [1.82, 2.24) is 0 Å². The monoisotopic (exact) mass is 361 g/mol. The summed E-state index contributed by atoms with van der Waals surface area (Å²) in [6.07, 6.45) is 0. The van der Waals surface area contributed by atoms with Crippen LogP contribution in [-0.4, -0.2) is 17.0 Å². The molecule has 0 heterocycles. The van der Waals surface area contributed by atoms with Crippen LogP contribution in [0.1, 0.15) is 31.8 Å². The van der Waals surface area contributed by atoms with Gasteiger partial charge in [0.1, 0.15) is 12.4 Å². The molecule has 0 saturated carbocycles. The van der Waals surface area contributed by atoms with E-state index < -0.39 is 5.97 Å². The Kier molecular flexibility index (Phi) is 5.52. The number of carbonyl (C=O) groups excluding carboxylic acids is 1. The van der Waals surface area contributed by atoms with Crippen molar-refractivity contribution in [2.24, 2.45) is 0 Å². The number of carboxylic acid groups (broad SMARTS) is 1. The molecule has 5 heteroatoms. The van der Waals surface area contributed by atoms with E-state index in [1.54, 1.807) is 42.5 Å². The van der Waals surface area contributed by atoms with Crippen LogP contribution in [-0.2, 0) is 6.61 Å². The number of nitrogens with one attached hydrogen (secondary N) is 1. The van der Waals surface area contributed by atoms with Crippen molar-refractivity contribution < 1.29 is 19.4 Å². The van der Waals surface area contributed by atoms with Gasteiger partial charge in [-0.3, -0.25) is 4.79 Å². The lowest BCUT2D eigenvalue weighted by atomic mass is 10.1. The number of anilines is 1. The summed E-state index contributed by atoms with van der Waals surface area (Å²) in [5.41, 5.74) is 3.28. The quantitative estimate of drug-likeness (QED) is 0.677. The van der Waals surface area contributed by atoms with Crippen LogP contribution >= 0.6 is 0 Å². The Morgan fingerprint density at radius 2 is 1.67 bits per heavy atom. The van der Waals surface area contributed by atoms with Crippen LogP contribution in [0.5, 0.6) is 5.75 Å². The second-order valence-corrected chi connectivity index (χ2v) is 6.09. The Morgan fingerprint density at radius 1 is 0.926 bits per heavy atom. The zero-order valence-electron chi connectivity index (χ0n) is 14.8. The van der Waals surface area contributed by atoms with E-state index in [-0.39, 0.29) is 18.1 Å². The molecule has 0 aliphatic carbocycles. The number of para-hydroxylation sites is 1. The SMILES string of the molecule is Cc1ccccc1NC(=O)c1ccc(OCc2cccc(C(=O)O)c2)cc1. The summed E-state index contributed by atoms with van der Waals surface area (Å²) in [6, 6.07) is 21.0. The maximum absolute atomic E-state index is 12.4. The van der Waals surface area contributed by atoms with Crippen LogP contribution in [0, 0.1) is 6.92 Å². The van der Waals surface area contributed by atoms with Gasteiger partial charge in [0.2, 0.25) is 0 Å². The summed E-state index contributed by atoms with van der Waals surface area (Å²) in [5.74, 6) is -0.561. The fourth-order valence-corrected chi connectivity index (χ4v) is 2.57. The first kappa shape index (κ1) is 18.2. The Balaban J connectivity index is 1.62. The van der Waals surface area contributed by atoms with Crippen LogP contribution in [0.25, 0.3) is 0 Å². The van der Waals surface area contributed by atoms with E-state index in [1.807, 2.05) is 31.2 Å². The lowest BCUT2D eigenvalue weighted by Crippen LogP contribution is -2.12. The summed E-state index contributed by atoms with van der Waals surface area (Å²) in [7, 11) is 0. The van der Waals surface area contributed by atoms with Gasteiger partial charge in [-0.25, -0.2) is 4.79 Å². The van der Waals surface area contributed by atoms with Gasteiger partial charge in [-0.2, -0.15) is 0 Å². The molecule has 27 heavy (non-hydrogen) atoms. The predicted molar refractivity (Wildman–Crippen MR) is 103 cm³/mol. The Hall–Kier alpha value is -3.60. The number of aryl methyl sites for hydroxylation is 1. The molecule has 5 nitrogen and oxygen atoms in total. The van der Waals surface area contributed by atoms with E-state index in [2.05, 4.69) is 5.32 Å². The number of aromatic carboxylic acids is 1. The largest absolute Gasteiger partial charge is 0.489 e. The van der Waals surface area contributed by atoms with Crippen molar-refractivity contribution in [3.05, 3.63) is 95.1 Å². The van der Waals surface area contributed by atoms with Crippen molar-refractivity contribution in [2.75, 3.05) is 5.32 Å². The minimum Gasteiger partial charge on any atom is -0.489 e. The molecule has 2 N–H and O–H groups in total. The van der Waals surface area contributed by atoms with Gasteiger partial charge in [0.25, 0.3) is 5.91 Å². The van der Waals surface area contributed by atoms with E-state index in [4.69, 9.17) is 9.84 Å². The number of rotatable bonds is 6. The number of carboxylic acids is 1. The van der Waals surface area contributed by atoms with Gasteiger partial charge in [-0.1, -0.05) is 30.3 Å². The molecule has 0 aliphatic rings. The molecule has 0 atom stereocenters. The number of hydrogen-bond donors (Lipinski definition) is 2. The molecule has 0 bridgehead atoms. The van der Waals surface area contributed by atoms with Crippen molar-refractivity contribution in [2.45, 2.75) is 13.5 Å². The molecule has 0 aliphatic heterocycles. The van der Waals surface area contributed by atoms with Crippen molar-refractivity contribution in [3.8, 4) is 5.75 Å². The van der Waals surface area contributed by atoms with Gasteiger partial charge in [0.05, 0.1) is 5.56 Å². The third-order valence-electron chi connectivity index (χ3n) is 4.09. The summed E-state index contributed by atoms with van der Waals surface area (Å²) in [4.78, 5) is 23.4. The molecular formula is C22H19NO4. The maximum Gasteiger partial charge on any atom is 0.335 e. The molecular weight excluding hydrogens is 342 g/mol. The van der Waals surface area contributed by atoms with Crippen LogP contribution in [0.2, 0.25) is 0 Å². The first-order valence-corrected chi connectivity index (χ1v) is 8.45. The van der Waals surface area contributed by atoms with Crippen LogP contribution in [0.15, 0.2) is 72.8 Å². The van der Waals surface area contributed by atoms with Crippen LogP contribution in [0.3, 0.4) is 0 Å². The summed E-state index contributed by atoms with van der Waals surface area (Å²) in [6.45, 7) is 2.18. The highest BCUT2D eigenvalue weighted by atomic mass is 16.5. The third-order valence-corrected chi connectivity index (χ3v) is 4.09. The molecule has 0 saturated heterocycles. The molecule has 0 spiro atoms. The number of ether oxygens (including phenoxy) is 1. The maximum atomic E-state index is 12.4. The van der Waals surface area contributed by atoms with Gasteiger partial charge in [0, 0.05) is 11.3 Å². The molecule has 3 aromatic rings. The first-order valence-electron chi connectivity index (χ1n) is 8.45. The molecule has 3 rings (SSSR count). The lowest BCUT2D eigenvalue weighted by molar-refractivity contribution is 0.0696. The average molecular weight is 361 g/mol. The number of benzene rings is 3. The molecule has 0 unspecified atom stereocenters. The number of hydrogen-bond acceptors (Lipinski definition) is 3. The highest BCUT2D eigenvalue weighted by molar-refractivity contribution is 6.04. The standard InChI is InChI=1S/C22H19NO4/c1-15-5-2-3-8-20(15)23-21(24)17-9-11-19(12-10-17)27-14-16-6-4-7-18(13-16)22(25)26/h2-13H,14H2,1H3,(H,23,24)(H,25,26). The van der Waals surface area contributed by atoms with Gasteiger partial charge >= 0.3 is 5.97 Å². The fraction of sp³-hybridized carbons (Fsp3) is 0.0909. The number of carbonyl (C=O) groups is 2. The third kappa shape index (κ3) is 4.73. The highest BCUT2D eigenvalue weighted by Crippen LogP contribution is 2.18. The minimum atomic E-state index is -0.971. The van der Waals surface area contributed by atoms with E-state index >= 15 is 0 Å². The average Bonchev–Trinajstić information content (AvgIpc) is 2.68. The molecule has 0 aromatic heterocycles. The normalized spacial score (nSPS) is 10.3. The highest BCUT2D eigenvalue weighted by Gasteiger charge is 2.08. The molecule has 0 radical (unpaired) electrons.